The molecule has 4 saturated heterocycles. The number of pyridine rings is 2. The number of hydrogen-bond acceptors (Lipinski definition) is 16. The molecule has 4 N–H and O–H groups in total. The summed E-state index contributed by atoms with van der Waals surface area (Å²) in [7, 11) is 7.03. The van der Waals surface area contributed by atoms with Crippen LogP contribution in [0.15, 0.2) is 61.2 Å². The highest BCUT2D eigenvalue weighted by Gasteiger charge is 2.44. The zero-order chi connectivity index (χ0) is 58.3. The minimum atomic E-state index is -0.649. The van der Waals surface area contributed by atoms with Crippen LogP contribution in [0.2, 0.25) is 0 Å². The second-order valence-corrected chi connectivity index (χ2v) is 24.2. The molecule has 4 bridgehead atoms. The van der Waals surface area contributed by atoms with Gasteiger partial charge in [0.2, 0.25) is 17.8 Å². The molecule has 12 rings (SSSR count). The van der Waals surface area contributed by atoms with Gasteiger partial charge in [-0.15, -0.1) is 0 Å². The van der Waals surface area contributed by atoms with Crippen LogP contribution in [0.5, 0.6) is 0 Å². The number of anilines is 4. The molecule has 4 atom stereocenters. The molecular formula is C59H75N17O7. The molecule has 4 aliphatic heterocycles. The molecular weight excluding hydrogens is 1060 g/mol. The number of amides is 6. The summed E-state index contributed by atoms with van der Waals surface area (Å²) in [6.07, 6.45) is 18.5. The number of piperazine rings is 2. The Balaban J connectivity index is 0.000000180. The van der Waals surface area contributed by atoms with E-state index in [1.54, 1.807) is 107 Å². The third-order valence-corrected chi connectivity index (χ3v) is 16.6. The Labute approximate surface area is 482 Å². The van der Waals surface area contributed by atoms with E-state index in [4.69, 9.17) is 14.7 Å². The lowest BCUT2D eigenvalue weighted by Gasteiger charge is -2.41. The first-order valence-electron chi connectivity index (χ1n) is 29.1. The highest BCUT2D eigenvalue weighted by atomic mass is 16.6. The first-order chi connectivity index (χ1) is 39.8. The minimum absolute atomic E-state index is 0.0256. The lowest BCUT2D eigenvalue weighted by Crippen LogP contribution is -2.58. The monoisotopic (exact) mass is 1130 g/mol. The number of nitrogens with zero attached hydrogens (tertiary/aromatic N) is 13. The predicted molar refractivity (Wildman–Crippen MR) is 311 cm³/mol. The lowest BCUT2D eigenvalue weighted by molar-refractivity contribution is -0.135. The van der Waals surface area contributed by atoms with Crippen LogP contribution in [0.25, 0.3) is 22.1 Å². The zero-order valence-electron chi connectivity index (χ0n) is 48.4. The van der Waals surface area contributed by atoms with Gasteiger partial charge in [0.25, 0.3) is 23.6 Å². The number of rotatable bonds is 12. The van der Waals surface area contributed by atoms with E-state index in [9.17, 15) is 28.8 Å². The minimum Gasteiger partial charge on any atom is -0.444 e. The van der Waals surface area contributed by atoms with E-state index in [0.29, 0.717) is 76.9 Å². The Bertz CT molecular complexity index is 3390. The summed E-state index contributed by atoms with van der Waals surface area (Å²) < 4.78 is 9.39. The highest BCUT2D eigenvalue weighted by Crippen LogP contribution is 2.37. The van der Waals surface area contributed by atoms with E-state index in [1.807, 2.05) is 21.9 Å². The van der Waals surface area contributed by atoms with Gasteiger partial charge in [0.15, 0.2) is 0 Å². The second-order valence-electron chi connectivity index (χ2n) is 24.2. The molecule has 2 saturated carbocycles. The van der Waals surface area contributed by atoms with E-state index < -0.39 is 11.7 Å². The Hall–Kier alpha value is -8.28. The molecule has 438 valence electrons. The summed E-state index contributed by atoms with van der Waals surface area (Å²) in [4.78, 5) is 113. The van der Waals surface area contributed by atoms with Gasteiger partial charge in [0, 0.05) is 126 Å². The summed E-state index contributed by atoms with van der Waals surface area (Å²) in [5, 5.41) is 14.1. The molecule has 10 heterocycles. The number of alkyl carbamates (subject to hydrolysis) is 1. The van der Waals surface area contributed by atoms with Gasteiger partial charge < -0.3 is 59.6 Å². The topological polar surface area (TPSA) is 263 Å². The molecule has 0 spiro atoms. The standard InChI is InChI=1S/C33H43N9O5.C26H32N8O2/c1-33(2,3)47-32(46)36-17-27(43)41-23-11-12-24(41)19-40(18-23)29(44)20-10-13-26(34-15-20)37-31-35-16-21-14-25(30(45)39(4)5)42(28(21)38-31)22-8-6-7-9-22;1-32(2)25(36)21-11-17-13-28-26(31-23(17)34(21)20-5-3-4-6-20)30-22-10-7-16(12-27-22)24(35)33-14-18-8-9-19(15-33)29-18/h10,13-16,22-24H,6-9,11-12,17-19H2,1-5H3,(H,36,46)(H,34,35,37,38);7,10-13,18-20,29H,3-6,8-9,14-15H2,1-2H3,(H,27,28,30,31). The van der Waals surface area contributed by atoms with Gasteiger partial charge in [-0.2, -0.15) is 9.97 Å². The lowest BCUT2D eigenvalue weighted by atomic mass is 10.1. The maximum absolute atomic E-state index is 13.5. The number of likely N-dealkylation sites (tertiary alicyclic amines) is 2. The van der Waals surface area contributed by atoms with Crippen LogP contribution < -0.4 is 21.3 Å². The number of ether oxygens (including phenoxy) is 1. The number of fused-ring (bicyclic) bond motifs is 6. The highest BCUT2D eigenvalue weighted by molar-refractivity contribution is 5.99. The third-order valence-electron chi connectivity index (χ3n) is 16.6. The van der Waals surface area contributed by atoms with E-state index in [2.05, 4.69) is 50.3 Å². The smallest absolute Gasteiger partial charge is 0.408 e. The summed E-state index contributed by atoms with van der Waals surface area (Å²) in [6.45, 7) is 7.49. The Kier molecular flexibility index (Phi) is 16.0. The van der Waals surface area contributed by atoms with Crippen molar-refractivity contribution < 1.29 is 33.5 Å². The van der Waals surface area contributed by atoms with Gasteiger partial charge in [-0.25, -0.2) is 24.7 Å². The fraction of sp³-hybridized carbons (Fsp3) is 0.525. The van der Waals surface area contributed by atoms with Gasteiger partial charge in [-0.05, 0) is 109 Å². The van der Waals surface area contributed by atoms with Gasteiger partial charge in [-0.1, -0.05) is 25.7 Å². The van der Waals surface area contributed by atoms with Gasteiger partial charge in [0.05, 0.1) is 11.1 Å². The second kappa shape index (κ2) is 23.5. The molecule has 83 heavy (non-hydrogen) atoms. The van der Waals surface area contributed by atoms with Crippen molar-refractivity contribution in [3.63, 3.8) is 0 Å². The summed E-state index contributed by atoms with van der Waals surface area (Å²) in [5.41, 5.74) is 3.10. The van der Waals surface area contributed by atoms with Crippen molar-refractivity contribution >= 4 is 81.2 Å². The van der Waals surface area contributed by atoms with Gasteiger partial charge in [-0.3, -0.25) is 24.0 Å². The SMILES string of the molecule is CN(C)C(=O)c1cc2cnc(Nc3ccc(C(=O)N4CC5CCC(C4)N5)cn3)nc2n1C1CCCC1.CN(C)C(=O)c1cc2cnc(Nc3ccc(C(=O)N4CC5CCC(C4)N5C(=O)CNC(=O)OC(C)(C)C)cn3)nc2n1C1CCCC1. The molecule has 24 nitrogen and oxygen atoms in total. The third kappa shape index (κ3) is 12.3. The molecule has 6 amide bonds. The number of nitrogens with one attached hydrogen (secondary N) is 4. The Morgan fingerprint density at radius 1 is 0.578 bits per heavy atom. The zero-order valence-corrected chi connectivity index (χ0v) is 48.4. The van der Waals surface area contributed by atoms with Crippen molar-refractivity contribution in [3.05, 3.63) is 83.7 Å². The molecule has 6 aliphatic rings. The summed E-state index contributed by atoms with van der Waals surface area (Å²) in [5.74, 6) is 1.41. The van der Waals surface area contributed by atoms with Crippen LogP contribution in [-0.4, -0.2) is 190 Å². The molecule has 6 aromatic heterocycles. The molecule has 6 aromatic rings. The van der Waals surface area contributed by atoms with Crippen molar-refractivity contribution in [3.8, 4) is 0 Å². The maximum Gasteiger partial charge on any atom is 0.408 e. The molecule has 0 aromatic carbocycles. The van der Waals surface area contributed by atoms with Crippen molar-refractivity contribution in [2.45, 2.75) is 140 Å². The fourth-order valence-corrected chi connectivity index (χ4v) is 12.8. The van der Waals surface area contributed by atoms with Crippen LogP contribution >= 0.6 is 0 Å². The summed E-state index contributed by atoms with van der Waals surface area (Å²) >= 11 is 0. The van der Waals surface area contributed by atoms with E-state index in [0.717, 1.165) is 107 Å². The largest absolute Gasteiger partial charge is 0.444 e. The number of hydrogen-bond donors (Lipinski definition) is 4. The average Bonchev–Trinajstić information content (AvgIpc) is 2.60. The van der Waals surface area contributed by atoms with E-state index in [1.165, 1.54) is 6.20 Å². The molecule has 4 unspecified atom stereocenters. The molecule has 0 radical (unpaired) electrons. The van der Waals surface area contributed by atoms with Crippen molar-refractivity contribution in [2.24, 2.45) is 0 Å². The van der Waals surface area contributed by atoms with Crippen LogP contribution in [0.3, 0.4) is 0 Å². The van der Waals surface area contributed by atoms with Crippen molar-refractivity contribution in [1.82, 2.24) is 74.2 Å². The Morgan fingerprint density at radius 3 is 1.43 bits per heavy atom. The fourth-order valence-electron chi connectivity index (χ4n) is 12.8. The van der Waals surface area contributed by atoms with E-state index >= 15 is 0 Å². The van der Waals surface area contributed by atoms with Crippen LogP contribution in [-0.2, 0) is 9.53 Å². The van der Waals surface area contributed by atoms with Crippen LogP contribution in [0.4, 0.5) is 28.3 Å². The average molecular weight is 1130 g/mol. The molecule has 6 fully saturated rings. The number of carbonyl (C=O) groups is 6. The predicted octanol–water partition coefficient (Wildman–Crippen LogP) is 6.69. The first-order valence-corrected chi connectivity index (χ1v) is 29.1. The van der Waals surface area contributed by atoms with Gasteiger partial charge >= 0.3 is 6.09 Å². The van der Waals surface area contributed by atoms with Crippen LogP contribution in [0.1, 0.15) is 152 Å². The van der Waals surface area contributed by atoms with Crippen molar-refractivity contribution in [1.29, 1.82) is 0 Å². The van der Waals surface area contributed by atoms with Crippen molar-refractivity contribution in [2.75, 3.05) is 71.5 Å². The van der Waals surface area contributed by atoms with Gasteiger partial charge in [0.1, 0.15) is 46.5 Å². The Morgan fingerprint density at radius 2 is 1.02 bits per heavy atom. The maximum atomic E-state index is 13.5. The summed E-state index contributed by atoms with van der Waals surface area (Å²) in [6, 6.07) is 11.8. The quantitative estimate of drug-likeness (QED) is 0.0995. The van der Waals surface area contributed by atoms with Crippen LogP contribution in [0, 0.1) is 0 Å². The molecule has 24 heteroatoms. The molecule has 2 aliphatic carbocycles. The number of carbonyl (C=O) groups excluding carboxylic acids is 6. The van der Waals surface area contributed by atoms with E-state index in [-0.39, 0.29) is 60.2 Å². The number of aromatic nitrogens is 8. The first kappa shape index (κ1) is 56.6. The normalized spacial score (nSPS) is 20.5.